The zero-order chi connectivity index (χ0) is 18.1. The topological polar surface area (TPSA) is 63.1 Å². The molecule has 134 valence electrons. The Morgan fingerprint density at radius 1 is 1.19 bits per heavy atom. The number of carbonyl (C=O) groups is 1. The first-order valence-electron chi connectivity index (χ1n) is 9.02. The van der Waals surface area contributed by atoms with Crippen LogP contribution in [0.15, 0.2) is 42.6 Å². The van der Waals surface area contributed by atoms with E-state index in [9.17, 15) is 4.79 Å². The molecule has 3 heterocycles. The van der Waals surface area contributed by atoms with Crippen LogP contribution in [0.3, 0.4) is 0 Å². The van der Waals surface area contributed by atoms with Gasteiger partial charge in [-0.05, 0) is 38.0 Å². The minimum Gasteiger partial charge on any atom is -0.371 e. The fourth-order valence-corrected chi connectivity index (χ4v) is 3.55. The molecule has 0 saturated carbocycles. The van der Waals surface area contributed by atoms with Crippen molar-refractivity contribution >= 4 is 22.5 Å². The zero-order valence-electron chi connectivity index (χ0n) is 15.1. The number of hydrogen-bond acceptors (Lipinski definition) is 4. The van der Waals surface area contributed by atoms with Gasteiger partial charge in [0.2, 0.25) is 0 Å². The van der Waals surface area contributed by atoms with Gasteiger partial charge in [0.25, 0.3) is 5.91 Å². The van der Waals surface area contributed by atoms with E-state index in [1.54, 1.807) is 4.68 Å². The molecule has 2 aromatic heterocycles. The molecule has 0 spiro atoms. The van der Waals surface area contributed by atoms with Gasteiger partial charge in [-0.1, -0.05) is 18.2 Å². The van der Waals surface area contributed by atoms with E-state index in [0.717, 1.165) is 37.1 Å². The van der Waals surface area contributed by atoms with Crippen molar-refractivity contribution in [1.82, 2.24) is 20.1 Å². The highest BCUT2D eigenvalue weighted by Crippen LogP contribution is 2.27. The Bertz CT molecular complexity index is 916. The second kappa shape index (κ2) is 6.78. The van der Waals surface area contributed by atoms with E-state index >= 15 is 0 Å². The molecule has 6 heteroatoms. The quantitative estimate of drug-likeness (QED) is 0.790. The highest BCUT2D eigenvalue weighted by molar-refractivity contribution is 5.93. The Kier molecular flexibility index (Phi) is 4.32. The van der Waals surface area contributed by atoms with Gasteiger partial charge in [-0.2, -0.15) is 5.10 Å². The van der Waals surface area contributed by atoms with Crippen molar-refractivity contribution in [3.05, 3.63) is 54.0 Å². The third-order valence-corrected chi connectivity index (χ3v) is 5.14. The molecule has 0 atom stereocenters. The average molecular weight is 349 g/mol. The van der Waals surface area contributed by atoms with Gasteiger partial charge in [0, 0.05) is 49.1 Å². The first-order chi connectivity index (χ1) is 12.6. The number of para-hydroxylation sites is 1. The normalized spacial score (nSPS) is 15.4. The molecule has 1 N–H and O–H groups in total. The third-order valence-electron chi connectivity index (χ3n) is 5.14. The van der Waals surface area contributed by atoms with Crippen LogP contribution in [0.1, 0.15) is 29.0 Å². The van der Waals surface area contributed by atoms with Crippen molar-refractivity contribution in [1.29, 1.82) is 0 Å². The van der Waals surface area contributed by atoms with Crippen LogP contribution in [0.2, 0.25) is 0 Å². The highest BCUT2D eigenvalue weighted by Gasteiger charge is 2.23. The van der Waals surface area contributed by atoms with Crippen molar-refractivity contribution in [2.45, 2.75) is 25.8 Å². The van der Waals surface area contributed by atoms with Crippen LogP contribution < -0.4 is 10.2 Å². The van der Waals surface area contributed by atoms with Crippen LogP contribution in [-0.4, -0.2) is 39.8 Å². The van der Waals surface area contributed by atoms with Gasteiger partial charge in [0.05, 0.1) is 5.52 Å². The number of fused-ring (bicyclic) bond motifs is 1. The molecule has 4 rings (SSSR count). The monoisotopic (exact) mass is 349 g/mol. The number of anilines is 1. The van der Waals surface area contributed by atoms with E-state index in [1.807, 2.05) is 38.4 Å². The number of aromatic nitrogens is 3. The molecule has 0 unspecified atom stereocenters. The van der Waals surface area contributed by atoms with Crippen molar-refractivity contribution in [2.75, 3.05) is 18.0 Å². The maximum Gasteiger partial charge on any atom is 0.272 e. The zero-order valence-corrected chi connectivity index (χ0v) is 15.1. The van der Waals surface area contributed by atoms with Crippen LogP contribution in [0.4, 0.5) is 5.69 Å². The molecule has 6 nitrogen and oxygen atoms in total. The highest BCUT2D eigenvalue weighted by atomic mass is 16.2. The summed E-state index contributed by atoms with van der Waals surface area (Å²) >= 11 is 0. The summed E-state index contributed by atoms with van der Waals surface area (Å²) < 4.78 is 1.73. The smallest absolute Gasteiger partial charge is 0.272 e. The maximum absolute atomic E-state index is 12.4. The lowest BCUT2D eigenvalue weighted by Crippen LogP contribution is -2.44. The van der Waals surface area contributed by atoms with Crippen LogP contribution in [0.25, 0.3) is 10.9 Å². The number of pyridine rings is 1. The lowest BCUT2D eigenvalue weighted by Gasteiger charge is -2.34. The largest absolute Gasteiger partial charge is 0.371 e. The average Bonchev–Trinajstić information content (AvgIpc) is 3.01. The second-order valence-electron chi connectivity index (χ2n) is 6.88. The first kappa shape index (κ1) is 16.6. The van der Waals surface area contributed by atoms with Crippen LogP contribution in [-0.2, 0) is 7.05 Å². The number of nitrogens with one attached hydrogen (secondary N) is 1. The number of piperidine rings is 1. The molecular formula is C20H23N5O. The third kappa shape index (κ3) is 3.14. The molecule has 3 aromatic rings. The van der Waals surface area contributed by atoms with E-state index in [2.05, 4.69) is 38.5 Å². The van der Waals surface area contributed by atoms with Gasteiger partial charge in [0.1, 0.15) is 5.69 Å². The minimum absolute atomic E-state index is 0.0819. The number of nitrogens with zero attached hydrogens (tertiary/aromatic N) is 4. The summed E-state index contributed by atoms with van der Waals surface area (Å²) in [6.45, 7) is 3.78. The predicted molar refractivity (Wildman–Crippen MR) is 102 cm³/mol. The van der Waals surface area contributed by atoms with Crippen molar-refractivity contribution in [3.8, 4) is 0 Å². The van der Waals surface area contributed by atoms with Gasteiger partial charge in [0.15, 0.2) is 0 Å². The van der Waals surface area contributed by atoms with Crippen molar-refractivity contribution in [2.24, 2.45) is 7.05 Å². The summed E-state index contributed by atoms with van der Waals surface area (Å²) in [7, 11) is 1.85. The molecular weight excluding hydrogens is 326 g/mol. The molecule has 26 heavy (non-hydrogen) atoms. The molecule has 1 aromatic carbocycles. The first-order valence-corrected chi connectivity index (χ1v) is 9.02. The van der Waals surface area contributed by atoms with Crippen LogP contribution in [0.5, 0.6) is 0 Å². The number of aryl methyl sites for hydroxylation is 2. The van der Waals surface area contributed by atoms with Crippen molar-refractivity contribution < 1.29 is 4.79 Å². The van der Waals surface area contributed by atoms with E-state index in [-0.39, 0.29) is 11.9 Å². The molecule has 1 aliphatic rings. The molecule has 0 radical (unpaired) electrons. The van der Waals surface area contributed by atoms with Crippen LogP contribution >= 0.6 is 0 Å². The van der Waals surface area contributed by atoms with E-state index in [1.165, 1.54) is 11.1 Å². The van der Waals surface area contributed by atoms with Gasteiger partial charge in [-0.3, -0.25) is 14.5 Å². The van der Waals surface area contributed by atoms with Crippen molar-refractivity contribution in [3.63, 3.8) is 0 Å². The second-order valence-corrected chi connectivity index (χ2v) is 6.88. The molecule has 1 saturated heterocycles. The summed E-state index contributed by atoms with van der Waals surface area (Å²) in [4.78, 5) is 19.2. The molecule has 1 fully saturated rings. The van der Waals surface area contributed by atoms with E-state index < -0.39 is 0 Å². The summed E-state index contributed by atoms with van der Waals surface area (Å²) in [5.41, 5.74) is 3.72. The maximum atomic E-state index is 12.4. The molecule has 1 aliphatic heterocycles. The van der Waals surface area contributed by atoms with Gasteiger partial charge >= 0.3 is 0 Å². The molecule has 1 amide bonds. The fraction of sp³-hybridized carbons (Fsp3) is 0.350. The number of carbonyl (C=O) groups excluding carboxylic acids is 1. The van der Waals surface area contributed by atoms with Crippen LogP contribution in [0, 0.1) is 6.92 Å². The van der Waals surface area contributed by atoms with Gasteiger partial charge in [-0.15, -0.1) is 0 Å². The summed E-state index contributed by atoms with van der Waals surface area (Å²) in [5.74, 6) is -0.0819. The SMILES string of the molecule is Cc1cc(C(=O)NC2CCN(c3ccnc4ccccc34)CC2)nn1C. The summed E-state index contributed by atoms with van der Waals surface area (Å²) in [5, 5.41) is 8.57. The van der Waals surface area contributed by atoms with E-state index in [0.29, 0.717) is 5.69 Å². The summed E-state index contributed by atoms with van der Waals surface area (Å²) in [6, 6.07) is 12.3. The Morgan fingerprint density at radius 2 is 1.96 bits per heavy atom. The number of benzene rings is 1. The van der Waals surface area contributed by atoms with E-state index in [4.69, 9.17) is 0 Å². The number of rotatable bonds is 3. The summed E-state index contributed by atoms with van der Waals surface area (Å²) in [6.07, 6.45) is 3.72. The minimum atomic E-state index is -0.0819. The predicted octanol–water partition coefficient (Wildman–Crippen LogP) is 2.68. The molecule has 0 bridgehead atoms. The standard InChI is InChI=1S/C20H23N5O/c1-14-13-18(23-24(14)2)20(26)22-15-8-11-25(12-9-15)19-7-10-21-17-6-4-3-5-16(17)19/h3-7,10,13,15H,8-9,11-12H2,1-2H3,(H,22,26). The van der Waals surface area contributed by atoms with Gasteiger partial charge in [-0.25, -0.2) is 0 Å². The fourth-order valence-electron chi connectivity index (χ4n) is 3.55. The molecule has 0 aliphatic carbocycles. The number of amides is 1. The Labute approximate surface area is 152 Å². The van der Waals surface area contributed by atoms with Gasteiger partial charge < -0.3 is 10.2 Å². The Morgan fingerprint density at radius 3 is 2.69 bits per heavy atom. The Hall–Kier alpha value is -2.89. The lowest BCUT2D eigenvalue weighted by atomic mass is 10.0. The Balaban J connectivity index is 1.41. The number of hydrogen-bond donors (Lipinski definition) is 1. The lowest BCUT2D eigenvalue weighted by molar-refractivity contribution is 0.0925.